The van der Waals surface area contributed by atoms with Gasteiger partial charge in [0, 0.05) is 13.1 Å². The van der Waals surface area contributed by atoms with Crippen LogP contribution in [0.4, 0.5) is 0 Å². The van der Waals surface area contributed by atoms with Crippen molar-refractivity contribution in [2.24, 2.45) is 0 Å². The van der Waals surface area contributed by atoms with Gasteiger partial charge in [-0.15, -0.1) is 0 Å². The molecular weight excluding hydrogens is 310 g/mol. The van der Waals surface area contributed by atoms with E-state index in [1.165, 1.54) is 14.2 Å². The minimum Gasteiger partial charge on any atom is -0.465 e. The lowest BCUT2D eigenvalue weighted by atomic mass is 10.1. The second-order valence-electron chi connectivity index (χ2n) is 5.20. The molecule has 0 aliphatic heterocycles. The molecular formula is C18H19NO5. The topological polar surface area (TPSA) is 76.1 Å². The third kappa shape index (κ3) is 4.65. The molecule has 1 N–H and O–H groups in total. The van der Waals surface area contributed by atoms with Gasteiger partial charge in [-0.05, 0) is 35.4 Å². The summed E-state index contributed by atoms with van der Waals surface area (Å²) in [5.74, 6) is -0.791. The first kappa shape index (κ1) is 17.7. The molecule has 0 aromatic heterocycles. The van der Waals surface area contributed by atoms with E-state index in [2.05, 4.69) is 9.47 Å². The van der Waals surface area contributed by atoms with Crippen LogP contribution >= 0.6 is 0 Å². The molecule has 0 aliphatic carbocycles. The second-order valence-corrected chi connectivity index (χ2v) is 5.20. The molecule has 0 unspecified atom stereocenters. The van der Waals surface area contributed by atoms with Gasteiger partial charge >= 0.3 is 11.9 Å². The molecule has 0 radical (unpaired) electrons. The normalized spacial score (nSPS) is 10.5. The quantitative estimate of drug-likeness (QED) is 0.648. The molecule has 0 heterocycles. The Balaban J connectivity index is 1.94. The molecule has 6 nitrogen and oxygen atoms in total. The fourth-order valence-corrected chi connectivity index (χ4v) is 2.21. The first-order valence-electron chi connectivity index (χ1n) is 7.32. The molecule has 2 aromatic rings. The maximum atomic E-state index is 11.4. The average Bonchev–Trinajstić information content (AvgIpc) is 2.61. The van der Waals surface area contributed by atoms with Crippen molar-refractivity contribution in [3.63, 3.8) is 0 Å². The lowest BCUT2D eigenvalue weighted by Crippen LogP contribution is -2.18. The Morgan fingerprint density at radius 2 is 1.12 bits per heavy atom. The lowest BCUT2D eigenvalue weighted by Gasteiger charge is -2.15. The fraction of sp³-hybridized carbons (Fsp3) is 0.222. The highest BCUT2D eigenvalue weighted by atomic mass is 16.5. The molecule has 0 saturated heterocycles. The molecule has 0 saturated carbocycles. The largest absolute Gasteiger partial charge is 0.465 e. The fourth-order valence-electron chi connectivity index (χ4n) is 2.21. The number of esters is 2. The van der Waals surface area contributed by atoms with Crippen LogP contribution in [0.25, 0.3) is 0 Å². The van der Waals surface area contributed by atoms with Crippen LogP contribution in [0.15, 0.2) is 48.5 Å². The van der Waals surface area contributed by atoms with Crippen molar-refractivity contribution in [2.75, 3.05) is 14.2 Å². The van der Waals surface area contributed by atoms with Crippen molar-refractivity contribution in [3.8, 4) is 0 Å². The predicted octanol–water partition coefficient (Wildman–Crippen LogP) is 2.65. The van der Waals surface area contributed by atoms with Gasteiger partial charge in [0.15, 0.2) is 0 Å². The van der Waals surface area contributed by atoms with E-state index in [0.717, 1.165) is 16.2 Å². The predicted molar refractivity (Wildman–Crippen MR) is 86.6 cm³/mol. The molecule has 126 valence electrons. The highest BCUT2D eigenvalue weighted by molar-refractivity contribution is 5.89. The minimum absolute atomic E-state index is 0.306. The summed E-state index contributed by atoms with van der Waals surface area (Å²) < 4.78 is 9.28. The summed E-state index contributed by atoms with van der Waals surface area (Å²) in [5, 5.41) is 11.2. The molecule has 0 atom stereocenters. The van der Waals surface area contributed by atoms with Crippen LogP contribution < -0.4 is 0 Å². The van der Waals surface area contributed by atoms with Crippen molar-refractivity contribution in [2.45, 2.75) is 13.1 Å². The number of methoxy groups -OCH3 is 2. The molecule has 0 fully saturated rings. The monoisotopic (exact) mass is 329 g/mol. The molecule has 0 aliphatic rings. The minimum atomic E-state index is -0.395. The van der Waals surface area contributed by atoms with E-state index in [1.54, 1.807) is 48.5 Å². The van der Waals surface area contributed by atoms with Gasteiger partial charge in [0.25, 0.3) is 0 Å². The van der Waals surface area contributed by atoms with E-state index in [4.69, 9.17) is 0 Å². The van der Waals surface area contributed by atoms with Crippen molar-refractivity contribution in [1.82, 2.24) is 5.06 Å². The maximum Gasteiger partial charge on any atom is 0.337 e. The Morgan fingerprint density at radius 1 is 0.792 bits per heavy atom. The molecule has 6 heteroatoms. The zero-order valence-electron chi connectivity index (χ0n) is 13.6. The van der Waals surface area contributed by atoms with Gasteiger partial charge in [0.2, 0.25) is 0 Å². The number of hydrogen-bond donors (Lipinski definition) is 1. The van der Waals surface area contributed by atoms with Gasteiger partial charge < -0.3 is 14.7 Å². The van der Waals surface area contributed by atoms with Crippen molar-refractivity contribution in [1.29, 1.82) is 0 Å². The third-order valence-electron chi connectivity index (χ3n) is 3.48. The number of rotatable bonds is 6. The van der Waals surface area contributed by atoms with Crippen molar-refractivity contribution >= 4 is 11.9 Å². The van der Waals surface area contributed by atoms with E-state index in [9.17, 15) is 14.8 Å². The SMILES string of the molecule is COC(=O)c1ccc(CN(O)Cc2ccc(C(=O)OC)cc2)cc1. The Bertz CT molecular complexity index is 633. The molecule has 2 aromatic carbocycles. The Hall–Kier alpha value is -2.70. The van der Waals surface area contributed by atoms with E-state index in [1.807, 2.05) is 0 Å². The summed E-state index contributed by atoms with van der Waals surface area (Å²) in [6, 6.07) is 13.7. The van der Waals surface area contributed by atoms with Crippen LogP contribution in [-0.4, -0.2) is 36.4 Å². The Morgan fingerprint density at radius 3 is 1.42 bits per heavy atom. The maximum absolute atomic E-state index is 11.4. The molecule has 24 heavy (non-hydrogen) atoms. The first-order chi connectivity index (χ1) is 11.5. The highest BCUT2D eigenvalue weighted by Crippen LogP contribution is 2.11. The first-order valence-corrected chi connectivity index (χ1v) is 7.32. The summed E-state index contributed by atoms with van der Waals surface area (Å²) in [5.41, 5.74) is 2.64. The summed E-state index contributed by atoms with van der Waals surface area (Å²) in [6.45, 7) is 0.612. The second kappa shape index (κ2) is 8.24. The van der Waals surface area contributed by atoms with Crippen LogP contribution in [0, 0.1) is 0 Å². The van der Waals surface area contributed by atoms with Crippen LogP contribution in [0.1, 0.15) is 31.8 Å². The summed E-state index contributed by atoms with van der Waals surface area (Å²) in [6.07, 6.45) is 0. The van der Waals surface area contributed by atoms with E-state index in [-0.39, 0.29) is 0 Å². The molecule has 0 spiro atoms. The van der Waals surface area contributed by atoms with Gasteiger partial charge in [-0.3, -0.25) is 0 Å². The summed E-state index contributed by atoms with van der Waals surface area (Å²) in [7, 11) is 2.66. The lowest BCUT2D eigenvalue weighted by molar-refractivity contribution is -0.108. The molecule has 2 rings (SSSR count). The van der Waals surface area contributed by atoms with Crippen molar-refractivity contribution in [3.05, 3.63) is 70.8 Å². The number of hydrogen-bond acceptors (Lipinski definition) is 6. The van der Waals surface area contributed by atoms with E-state index >= 15 is 0 Å². The van der Waals surface area contributed by atoms with E-state index < -0.39 is 11.9 Å². The number of benzene rings is 2. The van der Waals surface area contributed by atoms with Crippen LogP contribution in [0.3, 0.4) is 0 Å². The van der Waals surface area contributed by atoms with Gasteiger partial charge in [-0.2, -0.15) is 5.06 Å². The van der Waals surface area contributed by atoms with Gasteiger partial charge in [-0.1, -0.05) is 24.3 Å². The third-order valence-corrected chi connectivity index (χ3v) is 3.48. The van der Waals surface area contributed by atoms with Crippen LogP contribution in [0.2, 0.25) is 0 Å². The summed E-state index contributed by atoms with van der Waals surface area (Å²) in [4.78, 5) is 22.7. The highest BCUT2D eigenvalue weighted by Gasteiger charge is 2.08. The zero-order chi connectivity index (χ0) is 17.5. The standard InChI is InChI=1S/C18H19NO5/c1-23-17(20)15-7-3-13(4-8-15)11-19(22)12-14-5-9-16(10-6-14)18(21)24-2/h3-10,22H,11-12H2,1-2H3. The molecule has 0 amide bonds. The summed E-state index contributed by atoms with van der Waals surface area (Å²) >= 11 is 0. The number of ether oxygens (including phenoxy) is 2. The van der Waals surface area contributed by atoms with Crippen molar-refractivity contribution < 1.29 is 24.3 Å². The number of carbonyl (C=O) groups excluding carboxylic acids is 2. The van der Waals surface area contributed by atoms with Gasteiger partial charge in [-0.25, -0.2) is 9.59 Å². The van der Waals surface area contributed by atoms with Crippen LogP contribution in [-0.2, 0) is 22.6 Å². The molecule has 0 bridgehead atoms. The zero-order valence-corrected chi connectivity index (χ0v) is 13.6. The Kier molecular flexibility index (Phi) is 6.06. The van der Waals surface area contributed by atoms with Gasteiger partial charge in [0.1, 0.15) is 0 Å². The Labute approximate surface area is 140 Å². The van der Waals surface area contributed by atoms with Crippen LogP contribution in [0.5, 0.6) is 0 Å². The number of hydroxylamine groups is 2. The number of carbonyl (C=O) groups is 2. The van der Waals surface area contributed by atoms with Gasteiger partial charge in [0.05, 0.1) is 25.3 Å². The number of nitrogens with zero attached hydrogens (tertiary/aromatic N) is 1. The smallest absolute Gasteiger partial charge is 0.337 e. The van der Waals surface area contributed by atoms with E-state index in [0.29, 0.717) is 24.2 Å². The average molecular weight is 329 g/mol.